The van der Waals surface area contributed by atoms with Crippen LogP contribution in [-0.2, 0) is 6.42 Å². The summed E-state index contributed by atoms with van der Waals surface area (Å²) in [6, 6.07) is 3.80. The molecule has 7 heteroatoms. The lowest BCUT2D eigenvalue weighted by atomic mass is 9.97. The first-order valence-electron chi connectivity index (χ1n) is 8.52. The summed E-state index contributed by atoms with van der Waals surface area (Å²) in [5.74, 6) is 2.44. The minimum atomic E-state index is -0.0821. The Bertz CT molecular complexity index is 823. The summed E-state index contributed by atoms with van der Waals surface area (Å²) >= 11 is 1.50. The maximum absolute atomic E-state index is 10.8. The fourth-order valence-electron chi connectivity index (χ4n) is 3.50. The number of hydrogen-bond acceptors (Lipinski definition) is 6. The lowest BCUT2D eigenvalue weighted by Crippen LogP contribution is -2.37. The number of likely N-dealkylation sites (tertiary alicyclic amines) is 1. The quantitative estimate of drug-likeness (QED) is 0.783. The van der Waals surface area contributed by atoms with Crippen LogP contribution in [0.15, 0.2) is 22.8 Å². The molecule has 1 saturated heterocycles. The van der Waals surface area contributed by atoms with Gasteiger partial charge >= 0.3 is 0 Å². The highest BCUT2D eigenvalue weighted by Gasteiger charge is 2.33. The van der Waals surface area contributed by atoms with Gasteiger partial charge in [0.1, 0.15) is 11.8 Å². The number of nitrogens with zero attached hydrogens (tertiary/aromatic N) is 4. The third-order valence-electron chi connectivity index (χ3n) is 4.67. The predicted molar refractivity (Wildman–Crippen MR) is 92.4 cm³/mol. The van der Waals surface area contributed by atoms with E-state index in [4.69, 9.17) is 4.42 Å². The fourth-order valence-corrected chi connectivity index (χ4v) is 4.62. The van der Waals surface area contributed by atoms with E-state index in [1.807, 2.05) is 19.1 Å². The molecule has 2 atom stereocenters. The molecule has 24 heavy (non-hydrogen) atoms. The zero-order chi connectivity index (χ0) is 16.7. The van der Waals surface area contributed by atoms with E-state index in [9.17, 15) is 5.11 Å². The molecular formula is C17H22N4O2S. The van der Waals surface area contributed by atoms with Gasteiger partial charge in [0.25, 0.3) is 0 Å². The molecule has 128 valence electrons. The van der Waals surface area contributed by atoms with Crippen LogP contribution in [0, 0.1) is 5.92 Å². The molecule has 0 aromatic carbocycles. The number of aromatic nitrogens is 3. The highest BCUT2D eigenvalue weighted by Crippen LogP contribution is 2.41. The van der Waals surface area contributed by atoms with E-state index in [0.717, 1.165) is 40.9 Å². The number of thiazole rings is 1. The number of rotatable bonds is 4. The second kappa shape index (κ2) is 6.22. The first kappa shape index (κ1) is 15.7. The van der Waals surface area contributed by atoms with Gasteiger partial charge in [-0.05, 0) is 37.4 Å². The average Bonchev–Trinajstić information content (AvgIpc) is 3.28. The number of aromatic hydroxyl groups is 1. The van der Waals surface area contributed by atoms with Crippen LogP contribution in [0.5, 0.6) is 5.88 Å². The summed E-state index contributed by atoms with van der Waals surface area (Å²) in [6.45, 7) is 6.29. The smallest absolute Gasteiger partial charge is 0.230 e. The van der Waals surface area contributed by atoms with Crippen molar-refractivity contribution in [1.82, 2.24) is 19.5 Å². The van der Waals surface area contributed by atoms with Crippen LogP contribution in [0.2, 0.25) is 0 Å². The molecule has 3 aromatic rings. The molecule has 6 nitrogen and oxygen atoms in total. The summed E-state index contributed by atoms with van der Waals surface area (Å²) in [5.41, 5.74) is 0. The summed E-state index contributed by atoms with van der Waals surface area (Å²) < 4.78 is 7.27. The molecule has 0 saturated carbocycles. The first-order valence-corrected chi connectivity index (χ1v) is 9.33. The van der Waals surface area contributed by atoms with E-state index in [-0.39, 0.29) is 11.9 Å². The molecule has 1 fully saturated rings. The Labute approximate surface area is 144 Å². The van der Waals surface area contributed by atoms with Crippen LogP contribution < -0.4 is 0 Å². The van der Waals surface area contributed by atoms with Crippen molar-refractivity contribution < 1.29 is 9.52 Å². The highest BCUT2D eigenvalue weighted by molar-refractivity contribution is 7.17. The molecule has 4 rings (SSSR count). The normalized spacial score (nSPS) is 20.7. The van der Waals surface area contributed by atoms with Crippen molar-refractivity contribution in [2.75, 3.05) is 13.1 Å². The maximum atomic E-state index is 10.8. The maximum Gasteiger partial charge on any atom is 0.230 e. The van der Waals surface area contributed by atoms with Crippen molar-refractivity contribution in [3.63, 3.8) is 0 Å². The van der Waals surface area contributed by atoms with Crippen molar-refractivity contribution in [3.8, 4) is 5.88 Å². The number of furan rings is 1. The Hall–Kier alpha value is -1.86. The Kier molecular flexibility index (Phi) is 4.05. The molecule has 0 aliphatic carbocycles. The Morgan fingerprint density at radius 2 is 2.38 bits per heavy atom. The topological polar surface area (TPSA) is 66.8 Å². The van der Waals surface area contributed by atoms with E-state index in [1.54, 1.807) is 10.8 Å². The number of hydrogen-bond donors (Lipinski definition) is 1. The molecule has 3 aromatic heterocycles. The van der Waals surface area contributed by atoms with Crippen LogP contribution >= 0.6 is 11.3 Å². The van der Waals surface area contributed by atoms with Crippen molar-refractivity contribution in [2.45, 2.75) is 39.2 Å². The molecule has 1 aliphatic rings. The Morgan fingerprint density at radius 3 is 3.04 bits per heavy atom. The van der Waals surface area contributed by atoms with Crippen LogP contribution in [0.4, 0.5) is 0 Å². The molecule has 0 amide bonds. The minimum absolute atomic E-state index is 0.0821. The standard InChI is InChI=1S/C17H22N4O2S/c1-3-13-18-17-21(19-13)16(22)15(24-17)14(12-7-5-9-23-12)20-8-4-6-11(2)10-20/h5,7,9,11,14,22H,3-4,6,8,10H2,1-2H3/t11-,14-/m0/s1. The van der Waals surface area contributed by atoms with Gasteiger partial charge in [-0.15, -0.1) is 5.10 Å². The molecule has 0 unspecified atom stereocenters. The van der Waals surface area contributed by atoms with E-state index < -0.39 is 0 Å². The fraction of sp³-hybridized carbons (Fsp3) is 0.529. The van der Waals surface area contributed by atoms with Crippen molar-refractivity contribution in [1.29, 1.82) is 0 Å². The molecule has 1 aliphatic heterocycles. The van der Waals surface area contributed by atoms with Crippen molar-refractivity contribution >= 4 is 16.3 Å². The summed E-state index contributed by atoms with van der Waals surface area (Å²) in [7, 11) is 0. The third kappa shape index (κ3) is 2.61. The zero-order valence-electron chi connectivity index (χ0n) is 14.0. The lowest BCUT2D eigenvalue weighted by Gasteiger charge is -2.35. The van der Waals surface area contributed by atoms with Gasteiger partial charge in [-0.2, -0.15) is 4.52 Å². The summed E-state index contributed by atoms with van der Waals surface area (Å²) in [6.07, 6.45) is 4.87. The molecule has 4 heterocycles. The van der Waals surface area contributed by atoms with E-state index in [0.29, 0.717) is 5.92 Å². The Balaban J connectivity index is 1.78. The van der Waals surface area contributed by atoms with Gasteiger partial charge in [-0.1, -0.05) is 25.2 Å². The first-order chi connectivity index (χ1) is 11.7. The SMILES string of the molecule is CCc1nc2sc([C@H](c3ccco3)N3CCC[C@H](C)C3)c(O)n2n1. The second-order valence-electron chi connectivity index (χ2n) is 6.53. The number of fused-ring (bicyclic) bond motifs is 1. The molecule has 0 bridgehead atoms. The third-order valence-corrected chi connectivity index (χ3v) is 5.75. The van der Waals surface area contributed by atoms with E-state index in [2.05, 4.69) is 21.9 Å². The van der Waals surface area contributed by atoms with Crippen LogP contribution in [0.25, 0.3) is 4.96 Å². The van der Waals surface area contributed by atoms with Crippen LogP contribution in [0.1, 0.15) is 49.2 Å². The van der Waals surface area contributed by atoms with Crippen molar-refractivity contribution in [2.24, 2.45) is 5.92 Å². The van der Waals surface area contributed by atoms with Gasteiger partial charge in [0, 0.05) is 13.0 Å². The van der Waals surface area contributed by atoms with Gasteiger partial charge in [-0.3, -0.25) is 4.90 Å². The van der Waals surface area contributed by atoms with Gasteiger partial charge in [0.15, 0.2) is 5.82 Å². The van der Waals surface area contributed by atoms with Gasteiger partial charge in [-0.25, -0.2) is 4.98 Å². The minimum Gasteiger partial charge on any atom is -0.492 e. The lowest BCUT2D eigenvalue weighted by molar-refractivity contribution is 0.136. The van der Waals surface area contributed by atoms with Crippen molar-refractivity contribution in [3.05, 3.63) is 34.9 Å². The van der Waals surface area contributed by atoms with E-state index >= 15 is 0 Å². The Morgan fingerprint density at radius 1 is 1.50 bits per heavy atom. The summed E-state index contributed by atoms with van der Waals surface area (Å²) in [4.78, 5) is 8.49. The molecule has 0 radical (unpaired) electrons. The predicted octanol–water partition coefficient (Wildman–Crippen LogP) is 3.47. The zero-order valence-corrected chi connectivity index (χ0v) is 14.8. The molecular weight excluding hydrogens is 324 g/mol. The van der Waals surface area contributed by atoms with Gasteiger partial charge in [0.2, 0.25) is 10.8 Å². The second-order valence-corrected chi connectivity index (χ2v) is 7.54. The summed E-state index contributed by atoms with van der Waals surface area (Å²) in [5, 5.41) is 15.2. The molecule has 1 N–H and O–H groups in total. The van der Waals surface area contributed by atoms with Crippen LogP contribution in [0.3, 0.4) is 0 Å². The largest absolute Gasteiger partial charge is 0.492 e. The number of aryl methyl sites for hydroxylation is 1. The monoisotopic (exact) mass is 346 g/mol. The van der Waals surface area contributed by atoms with Gasteiger partial charge < -0.3 is 9.52 Å². The van der Waals surface area contributed by atoms with E-state index in [1.165, 1.54) is 24.2 Å². The van der Waals surface area contributed by atoms with Gasteiger partial charge in [0.05, 0.1) is 11.1 Å². The number of piperidine rings is 1. The molecule has 0 spiro atoms. The average molecular weight is 346 g/mol. The van der Waals surface area contributed by atoms with Crippen LogP contribution in [-0.4, -0.2) is 37.7 Å². The highest BCUT2D eigenvalue weighted by atomic mass is 32.1.